The minimum absolute atomic E-state index is 0.0219. The molecular weight excluding hydrogens is 675 g/mol. The molecule has 14 nitrogen and oxygen atoms in total. The van der Waals surface area contributed by atoms with Crippen molar-refractivity contribution >= 4 is 34.1 Å². The van der Waals surface area contributed by atoms with Crippen LogP contribution in [-0.2, 0) is 32.6 Å². The van der Waals surface area contributed by atoms with Crippen LogP contribution in [0.1, 0.15) is 50.1 Å². The highest BCUT2D eigenvalue weighted by Crippen LogP contribution is 2.23. The fourth-order valence-corrected chi connectivity index (χ4v) is 7.55. The quantitative estimate of drug-likeness (QED) is 0.0864. The minimum atomic E-state index is -4.11. The van der Waals surface area contributed by atoms with E-state index in [1.54, 1.807) is 19.9 Å². The average Bonchev–Trinajstić information content (AvgIpc) is 3.36. The molecule has 0 saturated carbocycles. The van der Waals surface area contributed by atoms with Crippen molar-refractivity contribution in [3.8, 4) is 6.07 Å². The SMILES string of the molecule is CC(C)CN(C[C@@H](O)[C@@H](Cc1ccccc1)NC(=O)[C@H](C(C)C)N1CC(=O)N(Cc2ccnc(C#N)c2)C1=O)S(=O)(=O)c1ccc(C=NO)cc1. The third-order valence-electron chi connectivity index (χ3n) is 8.37. The molecule has 51 heavy (non-hydrogen) atoms. The zero-order valence-corrected chi connectivity index (χ0v) is 29.8. The zero-order chi connectivity index (χ0) is 37.3. The van der Waals surface area contributed by atoms with Crippen LogP contribution in [-0.4, -0.2) is 99.7 Å². The molecule has 3 N–H and O–H groups in total. The Labute approximate surface area is 298 Å². The van der Waals surface area contributed by atoms with Gasteiger partial charge in [-0.1, -0.05) is 75.3 Å². The first-order valence-corrected chi connectivity index (χ1v) is 17.9. The minimum Gasteiger partial charge on any atom is -0.411 e. The molecule has 4 rings (SSSR count). The molecule has 3 aromatic rings. The number of rotatable bonds is 16. The number of pyridine rings is 1. The molecule has 0 unspecified atom stereocenters. The monoisotopic (exact) mass is 717 g/mol. The number of aliphatic hydroxyl groups excluding tert-OH is 1. The number of aliphatic hydroxyl groups is 1. The topological polar surface area (TPSA) is 197 Å². The summed E-state index contributed by atoms with van der Waals surface area (Å²) in [6.45, 7) is 6.45. The summed E-state index contributed by atoms with van der Waals surface area (Å²) in [5, 5.41) is 35.6. The van der Waals surface area contributed by atoms with E-state index < -0.39 is 52.0 Å². The number of amides is 4. The number of aromatic nitrogens is 1. The third-order valence-corrected chi connectivity index (χ3v) is 10.2. The summed E-state index contributed by atoms with van der Waals surface area (Å²) < 4.78 is 28.9. The Bertz CT molecular complexity index is 1860. The lowest BCUT2D eigenvalue weighted by atomic mass is 9.97. The predicted molar refractivity (Wildman–Crippen MR) is 188 cm³/mol. The molecule has 0 radical (unpaired) electrons. The van der Waals surface area contributed by atoms with E-state index >= 15 is 0 Å². The number of imide groups is 1. The molecule has 1 fully saturated rings. The summed E-state index contributed by atoms with van der Waals surface area (Å²) >= 11 is 0. The maximum Gasteiger partial charge on any atom is 0.328 e. The normalized spacial score (nSPS) is 15.5. The molecule has 3 atom stereocenters. The van der Waals surface area contributed by atoms with E-state index in [0.29, 0.717) is 11.1 Å². The van der Waals surface area contributed by atoms with E-state index in [4.69, 9.17) is 5.21 Å². The lowest BCUT2D eigenvalue weighted by molar-refractivity contribution is -0.129. The molecule has 1 aliphatic heterocycles. The fraction of sp³-hybridized carbons (Fsp3) is 0.389. The van der Waals surface area contributed by atoms with Gasteiger partial charge in [0, 0.05) is 19.3 Å². The molecule has 0 spiro atoms. The second-order valence-electron chi connectivity index (χ2n) is 13.1. The Morgan fingerprint density at radius 2 is 1.75 bits per heavy atom. The summed E-state index contributed by atoms with van der Waals surface area (Å²) in [5.41, 5.74) is 1.92. The third kappa shape index (κ3) is 9.75. The van der Waals surface area contributed by atoms with Crippen LogP contribution in [0, 0.1) is 23.2 Å². The number of benzene rings is 2. The van der Waals surface area contributed by atoms with Crippen LogP contribution in [0.15, 0.2) is 83.0 Å². The molecule has 0 bridgehead atoms. The van der Waals surface area contributed by atoms with Gasteiger partial charge < -0.3 is 20.5 Å². The second-order valence-corrected chi connectivity index (χ2v) is 15.1. The number of hydrogen-bond donors (Lipinski definition) is 3. The number of hydrogen-bond acceptors (Lipinski definition) is 10. The molecular formula is C36H43N7O7S. The van der Waals surface area contributed by atoms with Gasteiger partial charge in [-0.3, -0.25) is 14.5 Å². The maximum atomic E-state index is 14.1. The molecule has 1 saturated heterocycles. The van der Waals surface area contributed by atoms with Gasteiger partial charge >= 0.3 is 6.03 Å². The van der Waals surface area contributed by atoms with E-state index in [2.05, 4.69) is 15.5 Å². The molecule has 0 aliphatic carbocycles. The Hall–Kier alpha value is -5.17. The van der Waals surface area contributed by atoms with Crippen molar-refractivity contribution in [2.45, 2.75) is 63.7 Å². The van der Waals surface area contributed by atoms with Crippen molar-refractivity contribution in [2.75, 3.05) is 19.6 Å². The molecule has 1 aromatic heterocycles. The second kappa shape index (κ2) is 17.2. The zero-order valence-electron chi connectivity index (χ0n) is 29.0. The van der Waals surface area contributed by atoms with Gasteiger partial charge in [-0.05, 0) is 59.2 Å². The van der Waals surface area contributed by atoms with Crippen LogP contribution in [0.3, 0.4) is 0 Å². The van der Waals surface area contributed by atoms with E-state index in [1.165, 1.54) is 51.9 Å². The number of nitrogens with zero attached hydrogens (tertiary/aromatic N) is 6. The highest BCUT2D eigenvalue weighted by atomic mass is 32.2. The van der Waals surface area contributed by atoms with E-state index in [0.717, 1.165) is 10.5 Å². The number of carbonyl (C=O) groups is 3. The molecule has 1 aliphatic rings. The molecule has 15 heteroatoms. The van der Waals surface area contributed by atoms with Gasteiger partial charge in [0.15, 0.2) is 0 Å². The van der Waals surface area contributed by atoms with Crippen LogP contribution in [0.4, 0.5) is 4.79 Å². The summed E-state index contributed by atoms with van der Waals surface area (Å²) in [4.78, 5) is 46.9. The lowest BCUT2D eigenvalue weighted by Gasteiger charge is -2.34. The molecule has 4 amide bonds. The summed E-state index contributed by atoms with van der Waals surface area (Å²) in [7, 11) is -4.11. The van der Waals surface area contributed by atoms with Crippen molar-refractivity contribution in [3.63, 3.8) is 0 Å². The highest BCUT2D eigenvalue weighted by Gasteiger charge is 2.44. The Morgan fingerprint density at radius 1 is 1.06 bits per heavy atom. The number of nitrogens with one attached hydrogen (secondary N) is 1. The van der Waals surface area contributed by atoms with Gasteiger partial charge in [-0.25, -0.2) is 18.2 Å². The maximum absolute atomic E-state index is 14.1. The van der Waals surface area contributed by atoms with Gasteiger partial charge in [0.2, 0.25) is 15.9 Å². The van der Waals surface area contributed by atoms with E-state index in [1.807, 2.05) is 50.2 Å². The largest absolute Gasteiger partial charge is 0.411 e. The van der Waals surface area contributed by atoms with E-state index in [9.17, 15) is 33.2 Å². The first-order chi connectivity index (χ1) is 24.2. The number of sulfonamides is 1. The van der Waals surface area contributed by atoms with Crippen LogP contribution in [0.25, 0.3) is 0 Å². The number of urea groups is 1. The van der Waals surface area contributed by atoms with Crippen molar-refractivity contribution in [1.29, 1.82) is 5.26 Å². The summed E-state index contributed by atoms with van der Waals surface area (Å²) in [6.07, 6.45) is 1.34. The van der Waals surface area contributed by atoms with Crippen LogP contribution in [0.2, 0.25) is 0 Å². The summed E-state index contributed by atoms with van der Waals surface area (Å²) in [6, 6.07) is 17.1. The van der Waals surface area contributed by atoms with Crippen molar-refractivity contribution in [1.82, 2.24) is 24.4 Å². The first kappa shape index (κ1) is 38.6. The highest BCUT2D eigenvalue weighted by molar-refractivity contribution is 7.89. The fourth-order valence-electron chi connectivity index (χ4n) is 5.93. The Balaban J connectivity index is 1.59. The Morgan fingerprint density at radius 3 is 2.35 bits per heavy atom. The standard InChI is InChI=1S/C36H43N7O7S/c1-24(2)20-41(51(49,50)30-12-10-27(11-13-30)19-39-48)22-32(44)31(17-26-8-6-5-7-9-26)40-35(46)34(25(3)4)43-23-33(45)42(36(43)47)21-28-14-15-38-29(16-28)18-37/h5-16,19,24-25,31-32,34,44,48H,17,20-23H2,1-4H3,(H,40,46)/t31-,32-,34+/m1/s1. The van der Waals surface area contributed by atoms with Gasteiger partial charge in [0.25, 0.3) is 5.91 Å². The molecule has 2 aromatic carbocycles. The lowest BCUT2D eigenvalue weighted by Crippen LogP contribution is -2.57. The van der Waals surface area contributed by atoms with Gasteiger partial charge in [0.05, 0.1) is 29.8 Å². The number of oxime groups is 1. The van der Waals surface area contributed by atoms with Crippen LogP contribution >= 0.6 is 0 Å². The smallest absolute Gasteiger partial charge is 0.328 e. The Kier molecular flexibility index (Phi) is 13.0. The summed E-state index contributed by atoms with van der Waals surface area (Å²) in [5.74, 6) is -1.68. The van der Waals surface area contributed by atoms with Crippen molar-refractivity contribution < 1.29 is 33.1 Å². The first-order valence-electron chi connectivity index (χ1n) is 16.5. The predicted octanol–water partition coefficient (Wildman–Crippen LogP) is 2.99. The van der Waals surface area contributed by atoms with Gasteiger partial charge in [-0.2, -0.15) is 9.57 Å². The average molecular weight is 718 g/mol. The van der Waals surface area contributed by atoms with Crippen LogP contribution in [0.5, 0.6) is 0 Å². The van der Waals surface area contributed by atoms with Crippen molar-refractivity contribution in [2.24, 2.45) is 17.0 Å². The molecule has 270 valence electrons. The van der Waals surface area contributed by atoms with Crippen LogP contribution < -0.4 is 5.32 Å². The van der Waals surface area contributed by atoms with Crippen molar-refractivity contribution in [3.05, 3.63) is 95.3 Å². The number of carbonyl (C=O) groups excluding carboxylic acids is 3. The molecule has 2 heterocycles. The van der Waals surface area contributed by atoms with E-state index in [-0.39, 0.29) is 49.1 Å². The van der Waals surface area contributed by atoms with Gasteiger partial charge in [0.1, 0.15) is 24.3 Å². The van der Waals surface area contributed by atoms with Gasteiger partial charge in [-0.15, -0.1) is 0 Å². The number of nitriles is 1.